The van der Waals surface area contributed by atoms with Gasteiger partial charge in [-0.05, 0) is 51.4 Å². The fraction of sp³-hybridized carbons (Fsp3) is 1.00. The molecule has 106 valence electrons. The lowest BCUT2D eigenvalue weighted by Gasteiger charge is -2.29. The first-order valence-corrected chi connectivity index (χ1v) is 7.83. The number of likely N-dealkylation sites (tertiary alicyclic amines) is 1. The molecule has 3 nitrogen and oxygen atoms in total. The Morgan fingerprint density at radius 2 is 2.11 bits per heavy atom. The normalized spacial score (nSPS) is 33.5. The van der Waals surface area contributed by atoms with Crippen molar-refractivity contribution in [1.29, 1.82) is 0 Å². The quantitative estimate of drug-likeness (QED) is 0.822. The van der Waals surface area contributed by atoms with Gasteiger partial charge in [0.25, 0.3) is 0 Å². The molecule has 0 aliphatic carbocycles. The maximum atomic E-state index is 3.74. The first-order chi connectivity index (χ1) is 8.69. The molecule has 0 aromatic heterocycles. The Hall–Kier alpha value is -0.120. The minimum atomic E-state index is 0.705. The van der Waals surface area contributed by atoms with Gasteiger partial charge in [-0.1, -0.05) is 20.3 Å². The Balaban J connectivity index is 1.83. The molecule has 2 rings (SSSR count). The van der Waals surface area contributed by atoms with Gasteiger partial charge in [-0.25, -0.2) is 0 Å². The van der Waals surface area contributed by atoms with E-state index in [0.29, 0.717) is 6.04 Å². The zero-order valence-corrected chi connectivity index (χ0v) is 12.5. The summed E-state index contributed by atoms with van der Waals surface area (Å²) in [5.74, 6) is 1.71. The summed E-state index contributed by atoms with van der Waals surface area (Å²) < 4.78 is 0. The van der Waals surface area contributed by atoms with Crippen LogP contribution in [0.1, 0.15) is 33.1 Å². The van der Waals surface area contributed by atoms with Crippen molar-refractivity contribution >= 4 is 0 Å². The van der Waals surface area contributed by atoms with Crippen molar-refractivity contribution in [2.45, 2.75) is 39.2 Å². The number of rotatable bonds is 4. The first-order valence-electron chi connectivity index (χ1n) is 7.83. The van der Waals surface area contributed by atoms with Crippen LogP contribution in [0.2, 0.25) is 0 Å². The number of hydrogen-bond donors (Lipinski definition) is 1. The molecular formula is C15H31N3. The van der Waals surface area contributed by atoms with Crippen LogP contribution in [0, 0.1) is 11.8 Å². The van der Waals surface area contributed by atoms with Gasteiger partial charge >= 0.3 is 0 Å². The molecule has 0 saturated carbocycles. The smallest absolute Gasteiger partial charge is 0.0220 e. The van der Waals surface area contributed by atoms with Crippen molar-refractivity contribution in [2.75, 3.05) is 46.3 Å². The fourth-order valence-corrected chi connectivity index (χ4v) is 3.40. The van der Waals surface area contributed by atoms with Crippen LogP contribution < -0.4 is 5.32 Å². The average molecular weight is 253 g/mol. The van der Waals surface area contributed by atoms with E-state index in [-0.39, 0.29) is 0 Å². The van der Waals surface area contributed by atoms with Gasteiger partial charge in [0, 0.05) is 25.7 Å². The Bertz CT molecular complexity index is 244. The molecule has 0 radical (unpaired) electrons. The number of nitrogens with zero attached hydrogens (tertiary/aromatic N) is 2. The zero-order valence-electron chi connectivity index (χ0n) is 12.5. The highest BCUT2D eigenvalue weighted by atomic mass is 15.2. The predicted molar refractivity (Wildman–Crippen MR) is 77.9 cm³/mol. The average Bonchev–Trinajstić information content (AvgIpc) is 2.64. The van der Waals surface area contributed by atoms with E-state index >= 15 is 0 Å². The lowest BCUT2D eigenvalue weighted by Crippen LogP contribution is -2.43. The SMILES string of the molecule is CCC(C)C1CN(CC2CCN(C)C2)CCCN1. The van der Waals surface area contributed by atoms with Gasteiger partial charge < -0.3 is 15.1 Å². The van der Waals surface area contributed by atoms with E-state index in [2.05, 4.69) is 36.0 Å². The second kappa shape index (κ2) is 6.88. The molecule has 2 fully saturated rings. The van der Waals surface area contributed by atoms with Crippen molar-refractivity contribution in [3.05, 3.63) is 0 Å². The summed E-state index contributed by atoms with van der Waals surface area (Å²) in [6, 6.07) is 0.705. The lowest BCUT2D eigenvalue weighted by molar-refractivity contribution is 0.207. The van der Waals surface area contributed by atoms with Crippen molar-refractivity contribution in [1.82, 2.24) is 15.1 Å². The van der Waals surface area contributed by atoms with Crippen LogP contribution >= 0.6 is 0 Å². The molecule has 0 spiro atoms. The monoisotopic (exact) mass is 253 g/mol. The van der Waals surface area contributed by atoms with Gasteiger partial charge in [0.05, 0.1) is 0 Å². The van der Waals surface area contributed by atoms with E-state index in [4.69, 9.17) is 0 Å². The third-order valence-corrected chi connectivity index (χ3v) is 4.85. The van der Waals surface area contributed by atoms with Gasteiger partial charge in [0.1, 0.15) is 0 Å². The van der Waals surface area contributed by atoms with E-state index in [1.165, 1.54) is 58.5 Å². The van der Waals surface area contributed by atoms with Crippen molar-refractivity contribution in [3.63, 3.8) is 0 Å². The van der Waals surface area contributed by atoms with E-state index in [1.807, 2.05) is 0 Å². The van der Waals surface area contributed by atoms with E-state index in [0.717, 1.165) is 11.8 Å². The first kappa shape index (κ1) is 14.3. The van der Waals surface area contributed by atoms with E-state index in [1.54, 1.807) is 0 Å². The van der Waals surface area contributed by atoms with Crippen LogP contribution in [0.25, 0.3) is 0 Å². The van der Waals surface area contributed by atoms with Crippen molar-refractivity contribution in [2.24, 2.45) is 11.8 Å². The number of hydrogen-bond acceptors (Lipinski definition) is 3. The molecule has 3 atom stereocenters. The van der Waals surface area contributed by atoms with E-state index < -0.39 is 0 Å². The van der Waals surface area contributed by atoms with Gasteiger partial charge in [0.2, 0.25) is 0 Å². The summed E-state index contributed by atoms with van der Waals surface area (Å²) in [5, 5.41) is 3.74. The topological polar surface area (TPSA) is 18.5 Å². The molecular weight excluding hydrogens is 222 g/mol. The fourth-order valence-electron chi connectivity index (χ4n) is 3.40. The molecule has 2 heterocycles. The van der Waals surface area contributed by atoms with Gasteiger partial charge in [-0.2, -0.15) is 0 Å². The molecule has 0 aromatic rings. The summed E-state index contributed by atoms with van der Waals surface area (Å²) in [7, 11) is 2.26. The summed E-state index contributed by atoms with van der Waals surface area (Å²) in [4.78, 5) is 5.20. The van der Waals surface area contributed by atoms with Gasteiger partial charge in [-0.3, -0.25) is 0 Å². The third-order valence-electron chi connectivity index (χ3n) is 4.85. The van der Waals surface area contributed by atoms with Gasteiger partial charge in [0.15, 0.2) is 0 Å². The highest BCUT2D eigenvalue weighted by molar-refractivity contribution is 4.83. The second-order valence-electron chi connectivity index (χ2n) is 6.48. The minimum Gasteiger partial charge on any atom is -0.312 e. The molecule has 2 aliphatic heterocycles. The largest absolute Gasteiger partial charge is 0.312 e. The highest BCUT2D eigenvalue weighted by Gasteiger charge is 2.26. The molecule has 18 heavy (non-hydrogen) atoms. The summed E-state index contributed by atoms with van der Waals surface area (Å²) >= 11 is 0. The number of nitrogens with one attached hydrogen (secondary N) is 1. The molecule has 3 heteroatoms. The molecule has 2 aliphatic rings. The minimum absolute atomic E-state index is 0.705. The maximum Gasteiger partial charge on any atom is 0.0220 e. The van der Waals surface area contributed by atoms with Gasteiger partial charge in [-0.15, -0.1) is 0 Å². The Kier molecular flexibility index (Phi) is 5.46. The van der Waals surface area contributed by atoms with Crippen LogP contribution in [0.5, 0.6) is 0 Å². The van der Waals surface area contributed by atoms with Crippen molar-refractivity contribution < 1.29 is 0 Å². The Morgan fingerprint density at radius 1 is 1.28 bits per heavy atom. The standard InChI is InChI=1S/C15H31N3/c1-4-13(2)15-12-18(8-5-7-16-15)11-14-6-9-17(3)10-14/h13-16H,4-12H2,1-3H3. The molecule has 0 aromatic carbocycles. The second-order valence-corrected chi connectivity index (χ2v) is 6.48. The molecule has 3 unspecified atom stereocenters. The maximum absolute atomic E-state index is 3.74. The lowest BCUT2D eigenvalue weighted by atomic mass is 9.98. The Labute approximate surface area is 113 Å². The van der Waals surface area contributed by atoms with Crippen LogP contribution in [0.15, 0.2) is 0 Å². The zero-order chi connectivity index (χ0) is 13.0. The van der Waals surface area contributed by atoms with Crippen LogP contribution in [0.4, 0.5) is 0 Å². The molecule has 1 N–H and O–H groups in total. The van der Waals surface area contributed by atoms with Crippen LogP contribution in [0.3, 0.4) is 0 Å². The Morgan fingerprint density at radius 3 is 2.78 bits per heavy atom. The van der Waals surface area contributed by atoms with Crippen LogP contribution in [-0.4, -0.2) is 62.2 Å². The molecule has 2 saturated heterocycles. The predicted octanol–water partition coefficient (Wildman–Crippen LogP) is 1.65. The highest BCUT2D eigenvalue weighted by Crippen LogP contribution is 2.18. The third kappa shape index (κ3) is 3.94. The summed E-state index contributed by atoms with van der Waals surface area (Å²) in [5.41, 5.74) is 0. The van der Waals surface area contributed by atoms with Crippen LogP contribution in [-0.2, 0) is 0 Å². The van der Waals surface area contributed by atoms with Crippen molar-refractivity contribution in [3.8, 4) is 0 Å². The summed E-state index contributed by atoms with van der Waals surface area (Å²) in [6.45, 7) is 12.4. The molecule has 0 bridgehead atoms. The summed E-state index contributed by atoms with van der Waals surface area (Å²) in [6.07, 6.45) is 4.00. The molecule has 0 amide bonds. The van der Waals surface area contributed by atoms with E-state index in [9.17, 15) is 0 Å².